The van der Waals surface area contributed by atoms with Crippen LogP contribution in [0, 0.1) is 5.92 Å². The lowest BCUT2D eigenvalue weighted by molar-refractivity contribution is 0.128. The minimum absolute atomic E-state index is 0.279. The number of fused-ring (bicyclic) bond motifs is 4. The largest absolute Gasteiger partial charge is 0.485 e. The van der Waals surface area contributed by atoms with E-state index in [4.69, 9.17) is 4.74 Å². The van der Waals surface area contributed by atoms with Crippen molar-refractivity contribution in [2.45, 2.75) is 18.9 Å². The average molecular weight is 222 g/mol. The summed E-state index contributed by atoms with van der Waals surface area (Å²) < 4.78 is 6.18. The molecule has 2 atom stereocenters. The SMILES string of the molecule is c1ccc2c(c1)C[C@@H]1Cc3ccccc3[C@@H]1O2. The first-order valence-electron chi connectivity index (χ1n) is 6.24. The molecule has 0 radical (unpaired) electrons. The van der Waals surface area contributed by atoms with E-state index in [1.54, 1.807) is 0 Å². The zero-order valence-corrected chi connectivity index (χ0v) is 9.60. The summed E-state index contributed by atoms with van der Waals surface area (Å²) >= 11 is 0. The van der Waals surface area contributed by atoms with Crippen molar-refractivity contribution in [2.75, 3.05) is 0 Å². The van der Waals surface area contributed by atoms with E-state index in [-0.39, 0.29) is 6.10 Å². The van der Waals surface area contributed by atoms with E-state index in [1.807, 2.05) is 0 Å². The maximum absolute atomic E-state index is 6.18. The molecule has 0 fully saturated rings. The molecule has 1 nitrogen and oxygen atoms in total. The summed E-state index contributed by atoms with van der Waals surface area (Å²) in [6, 6.07) is 17.1. The number of para-hydroxylation sites is 1. The quantitative estimate of drug-likeness (QED) is 0.662. The smallest absolute Gasteiger partial charge is 0.127 e. The Morgan fingerprint density at radius 2 is 1.53 bits per heavy atom. The van der Waals surface area contributed by atoms with Gasteiger partial charge in [-0.25, -0.2) is 0 Å². The van der Waals surface area contributed by atoms with Crippen molar-refractivity contribution < 1.29 is 4.74 Å². The second-order valence-corrected chi connectivity index (χ2v) is 5.01. The highest BCUT2D eigenvalue weighted by Gasteiger charge is 2.37. The fraction of sp³-hybridized carbons (Fsp3) is 0.250. The van der Waals surface area contributed by atoms with Crippen LogP contribution in [0.1, 0.15) is 22.8 Å². The molecule has 17 heavy (non-hydrogen) atoms. The zero-order valence-electron chi connectivity index (χ0n) is 9.60. The molecule has 0 saturated carbocycles. The van der Waals surface area contributed by atoms with Gasteiger partial charge in [-0.3, -0.25) is 0 Å². The van der Waals surface area contributed by atoms with Gasteiger partial charge < -0.3 is 4.74 Å². The molecule has 1 aliphatic heterocycles. The fourth-order valence-corrected chi connectivity index (χ4v) is 3.19. The lowest BCUT2D eigenvalue weighted by Gasteiger charge is -2.29. The van der Waals surface area contributed by atoms with Gasteiger partial charge in [0, 0.05) is 5.92 Å². The zero-order chi connectivity index (χ0) is 11.2. The maximum atomic E-state index is 6.18. The Hall–Kier alpha value is -1.76. The highest BCUT2D eigenvalue weighted by molar-refractivity contribution is 5.42. The van der Waals surface area contributed by atoms with Gasteiger partial charge in [0.25, 0.3) is 0 Å². The summed E-state index contributed by atoms with van der Waals surface area (Å²) in [7, 11) is 0. The third-order valence-electron chi connectivity index (χ3n) is 3.98. The second kappa shape index (κ2) is 3.36. The van der Waals surface area contributed by atoms with Crippen molar-refractivity contribution in [1.82, 2.24) is 0 Å². The van der Waals surface area contributed by atoms with Crippen LogP contribution in [0.25, 0.3) is 0 Å². The van der Waals surface area contributed by atoms with E-state index in [9.17, 15) is 0 Å². The molecule has 2 aliphatic rings. The van der Waals surface area contributed by atoms with E-state index in [0.717, 1.165) is 18.6 Å². The Labute approximate surface area is 101 Å². The first-order valence-corrected chi connectivity index (χ1v) is 6.24. The Morgan fingerprint density at radius 3 is 2.47 bits per heavy atom. The first-order chi connectivity index (χ1) is 8.42. The molecular weight excluding hydrogens is 208 g/mol. The minimum Gasteiger partial charge on any atom is -0.485 e. The Morgan fingerprint density at radius 1 is 0.824 bits per heavy atom. The van der Waals surface area contributed by atoms with Gasteiger partial charge in [-0.1, -0.05) is 42.5 Å². The summed E-state index contributed by atoms with van der Waals surface area (Å²) in [5, 5.41) is 0. The summed E-state index contributed by atoms with van der Waals surface area (Å²) in [6.45, 7) is 0. The number of benzene rings is 2. The Balaban J connectivity index is 1.79. The molecule has 0 bridgehead atoms. The van der Waals surface area contributed by atoms with Crippen LogP contribution < -0.4 is 4.74 Å². The van der Waals surface area contributed by atoms with Crippen LogP contribution >= 0.6 is 0 Å². The van der Waals surface area contributed by atoms with Gasteiger partial charge >= 0.3 is 0 Å². The molecule has 1 aliphatic carbocycles. The third kappa shape index (κ3) is 1.32. The van der Waals surface area contributed by atoms with Gasteiger partial charge in [0.2, 0.25) is 0 Å². The van der Waals surface area contributed by atoms with Crippen molar-refractivity contribution in [3.8, 4) is 5.75 Å². The molecular formula is C16H14O. The molecule has 84 valence electrons. The predicted molar refractivity (Wildman–Crippen MR) is 67.2 cm³/mol. The van der Waals surface area contributed by atoms with Gasteiger partial charge in [-0.15, -0.1) is 0 Å². The number of ether oxygens (including phenoxy) is 1. The van der Waals surface area contributed by atoms with Gasteiger partial charge in [0.1, 0.15) is 11.9 Å². The van der Waals surface area contributed by atoms with E-state index in [2.05, 4.69) is 48.5 Å². The summed E-state index contributed by atoms with van der Waals surface area (Å²) in [5.41, 5.74) is 4.23. The molecule has 0 spiro atoms. The van der Waals surface area contributed by atoms with E-state index in [0.29, 0.717) is 5.92 Å². The lowest BCUT2D eigenvalue weighted by Crippen LogP contribution is -2.22. The lowest BCUT2D eigenvalue weighted by atomic mass is 9.91. The number of rotatable bonds is 0. The van der Waals surface area contributed by atoms with E-state index < -0.39 is 0 Å². The molecule has 1 heterocycles. The van der Waals surface area contributed by atoms with Crippen molar-refractivity contribution in [3.63, 3.8) is 0 Å². The van der Waals surface area contributed by atoms with Crippen molar-refractivity contribution in [2.24, 2.45) is 5.92 Å². The third-order valence-corrected chi connectivity index (χ3v) is 3.98. The number of hydrogen-bond donors (Lipinski definition) is 0. The van der Waals surface area contributed by atoms with Crippen LogP contribution in [0.2, 0.25) is 0 Å². The van der Waals surface area contributed by atoms with Gasteiger partial charge in [0.05, 0.1) is 0 Å². The van der Waals surface area contributed by atoms with E-state index in [1.165, 1.54) is 16.7 Å². The standard InChI is InChI=1S/C16H14O/c1-3-7-14-11(5-1)9-13-10-12-6-2-4-8-15(12)17-16(13)14/h1-8,13,16H,9-10H2/t13-,16+/m0/s1. The van der Waals surface area contributed by atoms with Crippen molar-refractivity contribution in [1.29, 1.82) is 0 Å². The summed E-state index contributed by atoms with van der Waals surface area (Å²) in [5.74, 6) is 1.70. The maximum Gasteiger partial charge on any atom is 0.127 e. The Bertz CT molecular complexity index is 567. The summed E-state index contributed by atoms with van der Waals surface area (Å²) in [6.07, 6.45) is 2.59. The first kappa shape index (κ1) is 9.29. The second-order valence-electron chi connectivity index (χ2n) is 5.01. The minimum atomic E-state index is 0.279. The molecule has 2 aromatic rings. The Kier molecular flexibility index (Phi) is 1.84. The van der Waals surface area contributed by atoms with Crippen molar-refractivity contribution >= 4 is 0 Å². The van der Waals surface area contributed by atoms with Crippen LogP contribution in [0.4, 0.5) is 0 Å². The normalized spacial score (nSPS) is 24.5. The van der Waals surface area contributed by atoms with E-state index >= 15 is 0 Å². The fourth-order valence-electron chi connectivity index (χ4n) is 3.19. The van der Waals surface area contributed by atoms with Gasteiger partial charge in [-0.2, -0.15) is 0 Å². The van der Waals surface area contributed by atoms with Crippen LogP contribution in [0.5, 0.6) is 5.75 Å². The molecule has 0 saturated heterocycles. The molecule has 0 aromatic heterocycles. The molecule has 4 rings (SSSR count). The van der Waals surface area contributed by atoms with Crippen LogP contribution in [0.15, 0.2) is 48.5 Å². The average Bonchev–Trinajstić information content (AvgIpc) is 2.73. The van der Waals surface area contributed by atoms with Gasteiger partial charge in [-0.05, 0) is 35.6 Å². The molecule has 2 aromatic carbocycles. The topological polar surface area (TPSA) is 9.23 Å². The predicted octanol–water partition coefficient (Wildman–Crippen LogP) is 3.54. The van der Waals surface area contributed by atoms with Crippen molar-refractivity contribution in [3.05, 3.63) is 65.2 Å². The highest BCUT2D eigenvalue weighted by atomic mass is 16.5. The highest BCUT2D eigenvalue weighted by Crippen LogP contribution is 2.45. The van der Waals surface area contributed by atoms with Gasteiger partial charge in [0.15, 0.2) is 0 Å². The molecule has 0 amide bonds. The van der Waals surface area contributed by atoms with Crippen LogP contribution in [0.3, 0.4) is 0 Å². The monoisotopic (exact) mass is 222 g/mol. The number of hydrogen-bond acceptors (Lipinski definition) is 1. The van der Waals surface area contributed by atoms with Crippen LogP contribution in [-0.2, 0) is 12.8 Å². The molecule has 0 unspecified atom stereocenters. The van der Waals surface area contributed by atoms with Crippen LogP contribution in [-0.4, -0.2) is 0 Å². The molecule has 0 N–H and O–H groups in total. The molecule has 1 heteroatoms. The summed E-state index contributed by atoms with van der Waals surface area (Å²) in [4.78, 5) is 0.